The number of carbonyl (C=O) groups is 1. The Morgan fingerprint density at radius 3 is 2.94 bits per heavy atom. The molecule has 1 unspecified atom stereocenters. The van der Waals surface area contributed by atoms with E-state index in [0.717, 1.165) is 32.5 Å². The fourth-order valence-corrected chi connectivity index (χ4v) is 1.89. The number of carbonyl (C=O) groups excluding carboxylic acids is 1. The van der Waals surface area contributed by atoms with E-state index in [1.807, 2.05) is 14.1 Å². The molecule has 94 valence electrons. The molecule has 1 fully saturated rings. The molecule has 1 saturated heterocycles. The Balaban J connectivity index is 2.29. The molecule has 1 amide bonds. The van der Waals surface area contributed by atoms with Crippen LogP contribution in [-0.2, 0) is 4.74 Å². The molecule has 1 atom stereocenters. The normalized spacial score (nSPS) is 21.4. The highest BCUT2D eigenvalue weighted by molar-refractivity contribution is 5.68. The summed E-state index contributed by atoms with van der Waals surface area (Å²) >= 11 is 0. The predicted molar refractivity (Wildman–Crippen MR) is 63.3 cm³/mol. The number of rotatable bonds is 6. The average Bonchev–Trinajstić information content (AvgIpc) is 2.22. The second-order valence-electron chi connectivity index (χ2n) is 4.62. The molecule has 0 aromatic carbocycles. The van der Waals surface area contributed by atoms with Gasteiger partial charge in [0.1, 0.15) is 0 Å². The number of hydrogen-bond donors (Lipinski definition) is 1. The van der Waals surface area contributed by atoms with Crippen molar-refractivity contribution in [1.82, 2.24) is 9.80 Å². The zero-order chi connectivity index (χ0) is 12.0. The number of ether oxygens (including phenoxy) is 1. The van der Waals surface area contributed by atoms with E-state index in [-0.39, 0.29) is 6.09 Å². The summed E-state index contributed by atoms with van der Waals surface area (Å²) in [7, 11) is 4.07. The van der Waals surface area contributed by atoms with Gasteiger partial charge in [-0.25, -0.2) is 4.79 Å². The van der Waals surface area contributed by atoms with E-state index in [1.54, 1.807) is 4.90 Å². The molecule has 1 aliphatic heterocycles. The van der Waals surface area contributed by atoms with Crippen molar-refractivity contribution in [1.29, 1.82) is 0 Å². The van der Waals surface area contributed by atoms with Crippen molar-refractivity contribution < 1.29 is 9.53 Å². The fourth-order valence-electron chi connectivity index (χ4n) is 1.89. The third-order valence-corrected chi connectivity index (χ3v) is 2.79. The Bertz CT molecular complexity index is 221. The third-order valence-electron chi connectivity index (χ3n) is 2.79. The lowest BCUT2D eigenvalue weighted by molar-refractivity contribution is 0.0404. The summed E-state index contributed by atoms with van der Waals surface area (Å²) in [5, 5.41) is 0. The Labute approximate surface area is 97.5 Å². The summed E-state index contributed by atoms with van der Waals surface area (Å²) in [5.41, 5.74) is 5.51. The molecule has 5 heteroatoms. The van der Waals surface area contributed by atoms with Crippen LogP contribution in [0.2, 0.25) is 0 Å². The molecule has 5 nitrogen and oxygen atoms in total. The van der Waals surface area contributed by atoms with Gasteiger partial charge < -0.3 is 20.3 Å². The van der Waals surface area contributed by atoms with Crippen molar-refractivity contribution in [2.75, 3.05) is 46.9 Å². The first-order valence-corrected chi connectivity index (χ1v) is 5.90. The lowest BCUT2D eigenvalue weighted by Gasteiger charge is -2.32. The minimum atomic E-state index is -0.174. The highest BCUT2D eigenvalue weighted by Crippen LogP contribution is 2.14. The molecule has 0 aromatic heterocycles. The van der Waals surface area contributed by atoms with Crippen molar-refractivity contribution in [3.8, 4) is 0 Å². The van der Waals surface area contributed by atoms with Gasteiger partial charge in [-0.05, 0) is 40.0 Å². The van der Waals surface area contributed by atoms with Crippen LogP contribution in [-0.4, -0.2) is 62.8 Å². The van der Waals surface area contributed by atoms with Gasteiger partial charge in [0.2, 0.25) is 0 Å². The van der Waals surface area contributed by atoms with Crippen LogP contribution in [0.25, 0.3) is 0 Å². The molecule has 1 rings (SSSR count). The van der Waals surface area contributed by atoms with E-state index in [4.69, 9.17) is 10.5 Å². The van der Waals surface area contributed by atoms with E-state index in [0.29, 0.717) is 19.1 Å². The maximum atomic E-state index is 11.5. The van der Waals surface area contributed by atoms with E-state index >= 15 is 0 Å². The summed E-state index contributed by atoms with van der Waals surface area (Å²) in [4.78, 5) is 15.4. The van der Waals surface area contributed by atoms with Crippen LogP contribution < -0.4 is 5.73 Å². The van der Waals surface area contributed by atoms with Crippen LogP contribution in [0.1, 0.15) is 12.8 Å². The topological polar surface area (TPSA) is 58.8 Å². The summed E-state index contributed by atoms with van der Waals surface area (Å²) in [6.07, 6.45) is 1.74. The number of cyclic esters (lactones) is 1. The molecule has 1 aliphatic rings. The number of nitrogens with zero attached hydrogens (tertiary/aromatic N) is 2. The largest absolute Gasteiger partial charge is 0.449 e. The van der Waals surface area contributed by atoms with E-state index < -0.39 is 0 Å². The van der Waals surface area contributed by atoms with E-state index in [1.165, 1.54) is 0 Å². The minimum Gasteiger partial charge on any atom is -0.449 e. The molecule has 16 heavy (non-hydrogen) atoms. The molecule has 0 aliphatic carbocycles. The molecule has 0 radical (unpaired) electrons. The summed E-state index contributed by atoms with van der Waals surface area (Å²) in [5.74, 6) is 0.405. The molecule has 1 heterocycles. The first-order valence-electron chi connectivity index (χ1n) is 5.90. The van der Waals surface area contributed by atoms with Gasteiger partial charge in [0.15, 0.2) is 0 Å². The van der Waals surface area contributed by atoms with Crippen LogP contribution in [0.15, 0.2) is 0 Å². The van der Waals surface area contributed by atoms with Crippen molar-refractivity contribution in [3.63, 3.8) is 0 Å². The zero-order valence-electron chi connectivity index (χ0n) is 10.3. The van der Waals surface area contributed by atoms with Crippen molar-refractivity contribution in [2.45, 2.75) is 12.8 Å². The van der Waals surface area contributed by atoms with Gasteiger partial charge in [-0.2, -0.15) is 0 Å². The Morgan fingerprint density at radius 2 is 2.31 bits per heavy atom. The quantitative estimate of drug-likeness (QED) is 0.714. The maximum absolute atomic E-state index is 11.5. The summed E-state index contributed by atoms with van der Waals surface area (Å²) < 4.78 is 5.13. The first-order chi connectivity index (χ1) is 7.63. The number of hydrogen-bond acceptors (Lipinski definition) is 4. The Morgan fingerprint density at radius 1 is 1.56 bits per heavy atom. The predicted octanol–water partition coefficient (Wildman–Crippen LogP) is 0.355. The molecular weight excluding hydrogens is 206 g/mol. The monoisotopic (exact) mass is 229 g/mol. The highest BCUT2D eigenvalue weighted by atomic mass is 16.6. The van der Waals surface area contributed by atoms with E-state index in [9.17, 15) is 4.79 Å². The van der Waals surface area contributed by atoms with Gasteiger partial charge in [0.05, 0.1) is 6.61 Å². The Hall–Kier alpha value is -0.810. The Kier molecular flexibility index (Phi) is 5.55. The smallest absolute Gasteiger partial charge is 0.409 e. The van der Waals surface area contributed by atoms with Crippen LogP contribution in [0.5, 0.6) is 0 Å². The molecule has 2 N–H and O–H groups in total. The molecule has 0 saturated carbocycles. The molecular formula is C11H23N3O2. The summed E-state index contributed by atoms with van der Waals surface area (Å²) in [6.45, 7) is 3.75. The van der Waals surface area contributed by atoms with Gasteiger partial charge >= 0.3 is 6.09 Å². The lowest BCUT2D eigenvalue weighted by atomic mass is 10.1. The average molecular weight is 229 g/mol. The highest BCUT2D eigenvalue weighted by Gasteiger charge is 2.25. The van der Waals surface area contributed by atoms with Crippen molar-refractivity contribution >= 4 is 6.09 Å². The summed E-state index contributed by atoms with van der Waals surface area (Å²) in [6, 6.07) is 0. The second kappa shape index (κ2) is 6.70. The fraction of sp³-hybridized carbons (Fsp3) is 0.909. The first kappa shape index (κ1) is 13.3. The van der Waals surface area contributed by atoms with Crippen LogP contribution in [0.3, 0.4) is 0 Å². The van der Waals surface area contributed by atoms with Crippen molar-refractivity contribution in [3.05, 3.63) is 0 Å². The molecule has 0 aromatic rings. The van der Waals surface area contributed by atoms with Gasteiger partial charge in [0, 0.05) is 19.0 Å². The molecule has 0 spiro atoms. The van der Waals surface area contributed by atoms with Crippen LogP contribution in [0, 0.1) is 5.92 Å². The van der Waals surface area contributed by atoms with Crippen LogP contribution in [0.4, 0.5) is 4.79 Å². The zero-order valence-corrected chi connectivity index (χ0v) is 10.3. The number of amides is 1. The second-order valence-corrected chi connectivity index (χ2v) is 4.62. The minimum absolute atomic E-state index is 0.174. The van der Waals surface area contributed by atoms with Gasteiger partial charge in [-0.1, -0.05) is 0 Å². The van der Waals surface area contributed by atoms with Gasteiger partial charge in [0.25, 0.3) is 0 Å². The standard InChI is InChI=1S/C11H23N3O2/c1-13(2)6-3-7-14-8-10(4-5-12)9-16-11(14)15/h10H,3-9,12H2,1-2H3. The van der Waals surface area contributed by atoms with Crippen LogP contribution >= 0.6 is 0 Å². The van der Waals surface area contributed by atoms with Crippen molar-refractivity contribution in [2.24, 2.45) is 11.7 Å². The third kappa shape index (κ3) is 4.37. The number of nitrogens with two attached hydrogens (primary N) is 1. The molecule has 0 bridgehead atoms. The van der Waals surface area contributed by atoms with Gasteiger partial charge in [-0.15, -0.1) is 0 Å². The lowest BCUT2D eigenvalue weighted by Crippen LogP contribution is -2.44. The van der Waals surface area contributed by atoms with E-state index in [2.05, 4.69) is 4.90 Å². The SMILES string of the molecule is CN(C)CCCN1CC(CCN)COC1=O. The van der Waals surface area contributed by atoms with Gasteiger partial charge in [-0.3, -0.25) is 0 Å². The maximum Gasteiger partial charge on any atom is 0.409 e.